The van der Waals surface area contributed by atoms with E-state index >= 15 is 0 Å². The Morgan fingerprint density at radius 1 is 0.783 bits per heavy atom. The van der Waals surface area contributed by atoms with Gasteiger partial charge in [-0.1, -0.05) is 38.1 Å². The summed E-state index contributed by atoms with van der Waals surface area (Å²) in [5.74, 6) is -2.10. The smallest absolute Gasteiger partial charge is 0.344 e. The summed E-state index contributed by atoms with van der Waals surface area (Å²) in [6.45, 7) is 3.38. The minimum absolute atomic E-state index is 0.0314. The molecule has 0 aliphatic carbocycles. The molecule has 6 nitrogen and oxygen atoms in total. The van der Waals surface area contributed by atoms with E-state index in [2.05, 4.69) is 0 Å². The van der Waals surface area contributed by atoms with E-state index in [0.717, 1.165) is 0 Å². The number of esters is 2. The largest absolute Gasteiger partial charge is 0.507 e. The lowest BCUT2D eigenvalue weighted by atomic mass is 10.2. The molecule has 0 heterocycles. The Hall–Kier alpha value is -3.02. The molecule has 0 atom stereocenters. The summed E-state index contributed by atoms with van der Waals surface area (Å²) < 4.78 is 9.43. The van der Waals surface area contributed by atoms with Crippen LogP contribution in [0.5, 0.6) is 11.5 Å². The zero-order valence-corrected chi connectivity index (χ0v) is 12.9. The predicted molar refractivity (Wildman–Crippen MR) is 83.3 cm³/mol. The Morgan fingerprint density at radius 3 is 1.48 bits per heavy atom. The van der Waals surface area contributed by atoms with Gasteiger partial charge in [0.2, 0.25) is 6.79 Å². The Balaban J connectivity index is 0.00000127. The zero-order valence-electron chi connectivity index (χ0n) is 12.9. The van der Waals surface area contributed by atoms with Gasteiger partial charge in [0, 0.05) is 0 Å². The summed E-state index contributed by atoms with van der Waals surface area (Å²) in [5.41, 5.74) is -0.0628. The number of hydrogen-bond donors (Lipinski definition) is 2. The first-order chi connectivity index (χ1) is 11.1. The van der Waals surface area contributed by atoms with Crippen molar-refractivity contribution in [3.05, 3.63) is 59.7 Å². The Bertz CT molecular complexity index is 608. The maximum Gasteiger partial charge on any atom is 0.344 e. The van der Waals surface area contributed by atoms with E-state index in [9.17, 15) is 19.8 Å². The Kier molecular flexibility index (Phi) is 7.13. The average Bonchev–Trinajstić information content (AvgIpc) is 2.57. The first-order valence-corrected chi connectivity index (χ1v) is 7.00. The van der Waals surface area contributed by atoms with E-state index in [4.69, 9.17) is 9.47 Å². The summed E-state index contributed by atoms with van der Waals surface area (Å²) in [5, 5.41) is 18.9. The summed E-state index contributed by atoms with van der Waals surface area (Å²) in [7, 11) is 0. The summed E-state index contributed by atoms with van der Waals surface area (Å²) in [4.78, 5) is 23.3. The third kappa shape index (κ3) is 5.03. The van der Waals surface area contributed by atoms with Crippen LogP contribution in [0.15, 0.2) is 48.5 Å². The first kappa shape index (κ1) is 18.0. The SMILES string of the molecule is CC.O=C(OCOC(=O)c1ccccc1O)c1ccccc1O. The van der Waals surface area contributed by atoms with E-state index < -0.39 is 18.7 Å². The molecule has 0 saturated carbocycles. The van der Waals surface area contributed by atoms with Gasteiger partial charge in [-0.25, -0.2) is 9.59 Å². The number of phenolic OH excluding ortho intramolecular Hbond substituents is 2. The molecular formula is C17H18O6. The lowest BCUT2D eigenvalue weighted by molar-refractivity contribution is -0.0169. The van der Waals surface area contributed by atoms with Gasteiger partial charge in [-0.3, -0.25) is 0 Å². The van der Waals surface area contributed by atoms with E-state index in [-0.39, 0.29) is 22.6 Å². The van der Waals surface area contributed by atoms with Gasteiger partial charge >= 0.3 is 11.9 Å². The van der Waals surface area contributed by atoms with Crippen LogP contribution in [0.2, 0.25) is 0 Å². The second kappa shape index (κ2) is 9.09. The molecule has 2 aromatic carbocycles. The maximum absolute atomic E-state index is 11.6. The molecule has 122 valence electrons. The van der Waals surface area contributed by atoms with Crippen LogP contribution in [0, 0.1) is 0 Å². The number of para-hydroxylation sites is 2. The van der Waals surface area contributed by atoms with E-state index in [1.54, 1.807) is 24.3 Å². The van der Waals surface area contributed by atoms with Gasteiger partial charge in [-0.05, 0) is 24.3 Å². The molecule has 23 heavy (non-hydrogen) atoms. The number of carbonyl (C=O) groups is 2. The van der Waals surface area contributed by atoms with Crippen molar-refractivity contribution >= 4 is 11.9 Å². The molecule has 0 saturated heterocycles. The highest BCUT2D eigenvalue weighted by atomic mass is 16.7. The van der Waals surface area contributed by atoms with Crippen molar-refractivity contribution in [1.82, 2.24) is 0 Å². The van der Waals surface area contributed by atoms with Gasteiger partial charge in [0.05, 0.1) is 0 Å². The maximum atomic E-state index is 11.6. The minimum atomic E-state index is -0.821. The van der Waals surface area contributed by atoms with Gasteiger partial charge < -0.3 is 19.7 Å². The van der Waals surface area contributed by atoms with Crippen LogP contribution in [0.4, 0.5) is 0 Å². The van der Waals surface area contributed by atoms with E-state index in [0.29, 0.717) is 0 Å². The standard InChI is InChI=1S/C15H12O6.C2H6/c16-12-7-3-1-5-10(12)14(18)20-9-21-15(19)11-6-2-4-8-13(11)17;1-2/h1-8,16-17H,9H2;1-2H3. The fraction of sp³-hybridized carbons (Fsp3) is 0.176. The van der Waals surface area contributed by atoms with Gasteiger partial charge in [-0.15, -0.1) is 0 Å². The van der Waals surface area contributed by atoms with Crippen LogP contribution < -0.4 is 0 Å². The molecule has 0 aromatic heterocycles. The summed E-state index contributed by atoms with van der Waals surface area (Å²) in [6, 6.07) is 11.7. The molecule has 0 amide bonds. The normalized spacial score (nSPS) is 9.30. The molecule has 2 N–H and O–H groups in total. The van der Waals surface area contributed by atoms with Crippen LogP contribution in [0.3, 0.4) is 0 Å². The molecule has 0 spiro atoms. The van der Waals surface area contributed by atoms with Crippen LogP contribution in [-0.2, 0) is 9.47 Å². The number of rotatable bonds is 4. The second-order valence-corrected chi connectivity index (χ2v) is 4.02. The monoisotopic (exact) mass is 318 g/mol. The number of ether oxygens (including phenoxy) is 2. The third-order valence-corrected chi connectivity index (χ3v) is 2.63. The molecule has 6 heteroatoms. The number of aromatic hydroxyl groups is 2. The van der Waals surface area contributed by atoms with E-state index in [1.807, 2.05) is 13.8 Å². The zero-order chi connectivity index (χ0) is 17.2. The topological polar surface area (TPSA) is 93.1 Å². The lowest BCUT2D eigenvalue weighted by Gasteiger charge is -2.08. The number of benzene rings is 2. The van der Waals surface area contributed by atoms with Crippen molar-refractivity contribution in [2.75, 3.05) is 6.79 Å². The Labute approximate surface area is 133 Å². The molecule has 0 aliphatic rings. The number of carbonyl (C=O) groups excluding carboxylic acids is 2. The van der Waals surface area contributed by atoms with Gasteiger partial charge in [0.1, 0.15) is 22.6 Å². The minimum Gasteiger partial charge on any atom is -0.507 e. The highest BCUT2D eigenvalue weighted by Gasteiger charge is 2.15. The van der Waals surface area contributed by atoms with Crippen molar-refractivity contribution in [3.8, 4) is 11.5 Å². The molecule has 0 radical (unpaired) electrons. The van der Waals surface area contributed by atoms with Gasteiger partial charge in [0.25, 0.3) is 0 Å². The summed E-state index contributed by atoms with van der Waals surface area (Å²) >= 11 is 0. The predicted octanol–water partition coefficient (Wildman–Crippen LogP) is 3.10. The molecule has 0 unspecified atom stereocenters. The number of hydrogen-bond acceptors (Lipinski definition) is 6. The van der Waals surface area contributed by atoms with Crippen LogP contribution in [0.1, 0.15) is 34.6 Å². The molecular weight excluding hydrogens is 300 g/mol. The van der Waals surface area contributed by atoms with Crippen molar-refractivity contribution in [3.63, 3.8) is 0 Å². The van der Waals surface area contributed by atoms with Crippen LogP contribution in [0.25, 0.3) is 0 Å². The van der Waals surface area contributed by atoms with Crippen LogP contribution >= 0.6 is 0 Å². The number of phenols is 2. The molecule has 2 aromatic rings. The van der Waals surface area contributed by atoms with Crippen molar-refractivity contribution in [2.45, 2.75) is 13.8 Å². The van der Waals surface area contributed by atoms with Crippen molar-refractivity contribution in [1.29, 1.82) is 0 Å². The van der Waals surface area contributed by atoms with Crippen LogP contribution in [-0.4, -0.2) is 28.9 Å². The highest BCUT2D eigenvalue weighted by Crippen LogP contribution is 2.18. The quantitative estimate of drug-likeness (QED) is 0.664. The van der Waals surface area contributed by atoms with Crippen molar-refractivity contribution in [2.24, 2.45) is 0 Å². The lowest BCUT2D eigenvalue weighted by Crippen LogP contribution is -2.13. The molecule has 2 rings (SSSR count). The highest BCUT2D eigenvalue weighted by molar-refractivity contribution is 5.93. The summed E-state index contributed by atoms with van der Waals surface area (Å²) in [6.07, 6.45) is 0. The fourth-order valence-electron chi connectivity index (χ4n) is 1.58. The molecule has 0 aliphatic heterocycles. The van der Waals surface area contributed by atoms with Gasteiger partial charge in [0.15, 0.2) is 0 Å². The van der Waals surface area contributed by atoms with E-state index in [1.165, 1.54) is 24.3 Å². The second-order valence-electron chi connectivity index (χ2n) is 4.02. The van der Waals surface area contributed by atoms with Gasteiger partial charge in [-0.2, -0.15) is 0 Å². The first-order valence-electron chi connectivity index (χ1n) is 7.00. The third-order valence-electron chi connectivity index (χ3n) is 2.63. The van der Waals surface area contributed by atoms with Crippen molar-refractivity contribution < 1.29 is 29.3 Å². The molecule has 0 fully saturated rings. The fourth-order valence-corrected chi connectivity index (χ4v) is 1.58. The molecule has 0 bridgehead atoms. The Morgan fingerprint density at radius 2 is 1.13 bits per heavy atom. The average molecular weight is 318 g/mol.